The molecule has 9 heteroatoms. The average Bonchev–Trinajstić information content (AvgIpc) is 3.25. The number of rotatable bonds is 8. The van der Waals surface area contributed by atoms with Crippen LogP contribution in [-0.2, 0) is 12.2 Å². The van der Waals surface area contributed by atoms with Crippen molar-refractivity contribution in [2.24, 2.45) is 0 Å². The summed E-state index contributed by atoms with van der Waals surface area (Å²) in [7, 11) is 0. The van der Waals surface area contributed by atoms with Gasteiger partial charge in [-0.15, -0.1) is 21.5 Å². The summed E-state index contributed by atoms with van der Waals surface area (Å²) in [5, 5.41) is 14.6. The van der Waals surface area contributed by atoms with Crippen LogP contribution in [0, 0.1) is 0 Å². The van der Waals surface area contributed by atoms with Crippen molar-refractivity contribution >= 4 is 34.9 Å². The number of hydrogen-bond donors (Lipinski definition) is 0. The summed E-state index contributed by atoms with van der Waals surface area (Å²) in [5.74, 6) is 3.62. The van der Waals surface area contributed by atoms with Gasteiger partial charge in [0, 0.05) is 12.2 Å². The molecule has 3 aromatic rings. The highest BCUT2D eigenvalue weighted by molar-refractivity contribution is 7.99. The topological polar surface area (TPSA) is 77.8 Å². The van der Waals surface area contributed by atoms with Gasteiger partial charge in [-0.2, -0.15) is 16.7 Å². The van der Waals surface area contributed by atoms with Gasteiger partial charge in [0.15, 0.2) is 0 Å². The number of thiophene rings is 1. The minimum Gasteiger partial charge on any atom is -0.415 e. The predicted molar refractivity (Wildman–Crippen MR) is 88.2 cm³/mol. The van der Waals surface area contributed by atoms with E-state index in [1.54, 1.807) is 34.9 Å². The minimum absolute atomic E-state index is 0.619. The van der Waals surface area contributed by atoms with Crippen LogP contribution >= 0.6 is 34.9 Å². The minimum atomic E-state index is 0.619. The molecule has 116 valence electrons. The molecule has 0 saturated carbocycles. The van der Waals surface area contributed by atoms with Crippen molar-refractivity contribution in [2.45, 2.75) is 23.8 Å². The molecule has 0 atom stereocenters. The number of aromatic nitrogens is 4. The van der Waals surface area contributed by atoms with Crippen molar-refractivity contribution < 1.29 is 8.94 Å². The van der Waals surface area contributed by atoms with Gasteiger partial charge in [0.2, 0.25) is 17.6 Å². The van der Waals surface area contributed by atoms with Gasteiger partial charge in [-0.25, -0.2) is 0 Å². The van der Waals surface area contributed by atoms with Gasteiger partial charge in [-0.05, 0) is 24.1 Å². The van der Waals surface area contributed by atoms with E-state index in [4.69, 9.17) is 8.94 Å². The van der Waals surface area contributed by atoms with Crippen molar-refractivity contribution in [2.75, 3.05) is 12.0 Å². The average molecular weight is 354 g/mol. The smallest absolute Gasteiger partial charge is 0.276 e. The summed E-state index contributed by atoms with van der Waals surface area (Å²) in [6, 6.07) is 3.96. The molecule has 22 heavy (non-hydrogen) atoms. The number of aryl methyl sites for hydroxylation is 1. The summed E-state index contributed by atoms with van der Waals surface area (Å²) in [6.07, 6.45) is 3.67. The highest BCUT2D eigenvalue weighted by atomic mass is 32.2. The van der Waals surface area contributed by atoms with Crippen molar-refractivity contribution in [1.82, 2.24) is 20.3 Å². The Balaban J connectivity index is 1.43. The van der Waals surface area contributed by atoms with E-state index in [1.807, 2.05) is 23.8 Å². The van der Waals surface area contributed by atoms with E-state index in [-0.39, 0.29) is 0 Å². The first kappa shape index (κ1) is 15.6. The molecule has 0 aromatic carbocycles. The molecule has 0 bridgehead atoms. The first-order valence-corrected chi connectivity index (χ1v) is 9.91. The second-order valence-corrected chi connectivity index (χ2v) is 7.20. The van der Waals surface area contributed by atoms with Crippen LogP contribution in [-0.4, -0.2) is 32.3 Å². The van der Waals surface area contributed by atoms with Gasteiger partial charge >= 0.3 is 0 Å². The summed E-state index contributed by atoms with van der Waals surface area (Å²) in [6.45, 7) is 0. The van der Waals surface area contributed by atoms with Gasteiger partial charge < -0.3 is 8.94 Å². The molecule has 0 amide bonds. The quantitative estimate of drug-likeness (QED) is 0.447. The summed E-state index contributed by atoms with van der Waals surface area (Å²) in [4.78, 5) is 5.42. The summed E-state index contributed by atoms with van der Waals surface area (Å²) < 4.78 is 10.8. The Morgan fingerprint density at radius 2 is 2.23 bits per heavy atom. The molecular weight excluding hydrogens is 340 g/mol. The monoisotopic (exact) mass is 354 g/mol. The fraction of sp³-hybridized carbons (Fsp3) is 0.385. The SMILES string of the molecule is CSCc1nnc(SCCCc2nc(-c3cccs3)no2)o1. The largest absolute Gasteiger partial charge is 0.415 e. The third kappa shape index (κ3) is 4.11. The number of nitrogens with zero attached hydrogens (tertiary/aromatic N) is 4. The van der Waals surface area contributed by atoms with E-state index in [9.17, 15) is 0 Å². The van der Waals surface area contributed by atoms with E-state index in [0.29, 0.717) is 22.8 Å². The molecule has 0 aliphatic rings. The van der Waals surface area contributed by atoms with E-state index >= 15 is 0 Å². The zero-order valence-corrected chi connectivity index (χ0v) is 14.3. The third-order valence-corrected chi connectivity index (χ3v) is 4.99. The van der Waals surface area contributed by atoms with Crippen molar-refractivity contribution in [1.29, 1.82) is 0 Å². The highest BCUT2D eigenvalue weighted by Crippen LogP contribution is 2.22. The molecule has 0 unspecified atom stereocenters. The Morgan fingerprint density at radius 1 is 1.27 bits per heavy atom. The summed E-state index contributed by atoms with van der Waals surface area (Å²) >= 11 is 4.82. The fourth-order valence-electron chi connectivity index (χ4n) is 1.72. The molecule has 3 rings (SSSR count). The van der Waals surface area contributed by atoms with Gasteiger partial charge in [-0.3, -0.25) is 0 Å². The standard InChI is InChI=1S/C13H14N4O2S3/c1-20-8-11-15-16-13(18-11)22-7-3-5-10-14-12(17-19-10)9-4-2-6-21-9/h2,4,6H,3,5,7-8H2,1H3. The molecular formula is C13H14N4O2S3. The molecule has 0 radical (unpaired) electrons. The van der Waals surface area contributed by atoms with E-state index in [0.717, 1.165) is 29.2 Å². The first-order valence-electron chi connectivity index (χ1n) is 6.65. The van der Waals surface area contributed by atoms with Crippen LogP contribution < -0.4 is 0 Å². The molecule has 0 aliphatic carbocycles. The Kier molecular flexibility index (Phi) is 5.52. The fourth-order valence-corrected chi connectivity index (χ4v) is 3.45. The number of hydrogen-bond acceptors (Lipinski definition) is 9. The first-order chi connectivity index (χ1) is 10.8. The van der Waals surface area contributed by atoms with Gasteiger partial charge in [0.25, 0.3) is 5.22 Å². The van der Waals surface area contributed by atoms with Crippen molar-refractivity contribution in [3.05, 3.63) is 29.3 Å². The lowest BCUT2D eigenvalue weighted by Crippen LogP contribution is -1.88. The normalized spacial score (nSPS) is 11.1. The predicted octanol–water partition coefficient (Wildman–Crippen LogP) is 3.77. The van der Waals surface area contributed by atoms with Gasteiger partial charge in [0.1, 0.15) is 0 Å². The zero-order valence-electron chi connectivity index (χ0n) is 11.9. The maximum atomic E-state index is 5.50. The number of thioether (sulfide) groups is 2. The lowest BCUT2D eigenvalue weighted by molar-refractivity contribution is 0.378. The van der Waals surface area contributed by atoms with E-state index in [1.165, 1.54) is 0 Å². The van der Waals surface area contributed by atoms with Crippen LogP contribution in [0.15, 0.2) is 31.7 Å². The van der Waals surface area contributed by atoms with Crippen molar-refractivity contribution in [3.8, 4) is 10.7 Å². The lowest BCUT2D eigenvalue weighted by Gasteiger charge is -1.94. The molecule has 0 spiro atoms. The van der Waals surface area contributed by atoms with Crippen molar-refractivity contribution in [3.63, 3.8) is 0 Å². The van der Waals surface area contributed by atoms with Crippen LogP contribution in [0.4, 0.5) is 0 Å². The molecule has 0 fully saturated rings. The highest BCUT2D eigenvalue weighted by Gasteiger charge is 2.10. The maximum Gasteiger partial charge on any atom is 0.276 e. The lowest BCUT2D eigenvalue weighted by atomic mass is 10.3. The van der Waals surface area contributed by atoms with Crippen LogP contribution in [0.5, 0.6) is 0 Å². The third-order valence-electron chi connectivity index (χ3n) is 2.69. The molecule has 6 nitrogen and oxygen atoms in total. The Hall–Kier alpha value is -1.32. The van der Waals surface area contributed by atoms with Crippen LogP contribution in [0.3, 0.4) is 0 Å². The zero-order chi connectivity index (χ0) is 15.2. The molecule has 0 saturated heterocycles. The van der Waals surface area contributed by atoms with E-state index in [2.05, 4.69) is 20.3 Å². The van der Waals surface area contributed by atoms with Gasteiger partial charge in [-0.1, -0.05) is 23.0 Å². The van der Waals surface area contributed by atoms with E-state index < -0.39 is 0 Å². The summed E-state index contributed by atoms with van der Waals surface area (Å²) in [5.41, 5.74) is 0. The maximum absolute atomic E-state index is 5.50. The van der Waals surface area contributed by atoms with Crippen LogP contribution in [0.2, 0.25) is 0 Å². The molecule has 3 aromatic heterocycles. The second-order valence-electron chi connectivity index (χ2n) is 4.34. The Morgan fingerprint density at radius 3 is 3.05 bits per heavy atom. The Bertz CT molecular complexity index is 696. The van der Waals surface area contributed by atoms with Gasteiger partial charge in [0.05, 0.1) is 10.6 Å². The second kappa shape index (κ2) is 7.80. The molecule has 0 aliphatic heterocycles. The van der Waals surface area contributed by atoms with Crippen LogP contribution in [0.25, 0.3) is 10.7 Å². The Labute approximate surface area is 140 Å². The molecule has 3 heterocycles. The molecule has 0 N–H and O–H groups in total. The van der Waals surface area contributed by atoms with Crippen LogP contribution in [0.1, 0.15) is 18.2 Å².